The van der Waals surface area contributed by atoms with Crippen LogP contribution in [0.15, 0.2) is 43.1 Å². The topological polar surface area (TPSA) is 92.0 Å². The van der Waals surface area contributed by atoms with E-state index in [-0.39, 0.29) is 22.2 Å². The minimum Gasteiger partial charge on any atom is -0.490 e. The van der Waals surface area contributed by atoms with Crippen molar-refractivity contribution >= 4 is 66.5 Å². The third-order valence-corrected chi connectivity index (χ3v) is 7.42. The SMILES string of the molecule is CCOc1cc(C=Nn2c([C@H](C)CC)nc3ccc(Br)cc3c2=O)c(Br)c(Cl)c1O[C@@H](C)C(=O)OC. The van der Waals surface area contributed by atoms with Crippen molar-refractivity contribution in [2.45, 2.75) is 46.1 Å². The molecule has 0 aliphatic carbocycles. The van der Waals surface area contributed by atoms with E-state index >= 15 is 0 Å². The normalized spacial score (nSPS) is 13.1. The summed E-state index contributed by atoms with van der Waals surface area (Å²) in [6.07, 6.45) is 1.38. The molecule has 1 heterocycles. The van der Waals surface area contributed by atoms with Gasteiger partial charge in [0.2, 0.25) is 0 Å². The summed E-state index contributed by atoms with van der Waals surface area (Å²) in [6, 6.07) is 7.05. The quantitative estimate of drug-likeness (QED) is 0.201. The van der Waals surface area contributed by atoms with Crippen LogP contribution in [-0.2, 0) is 9.53 Å². The van der Waals surface area contributed by atoms with Crippen LogP contribution in [0.1, 0.15) is 51.4 Å². The van der Waals surface area contributed by atoms with Crippen LogP contribution in [0.25, 0.3) is 10.9 Å². The lowest BCUT2D eigenvalue weighted by atomic mass is 10.1. The number of rotatable bonds is 9. The van der Waals surface area contributed by atoms with Gasteiger partial charge in [0.05, 0.1) is 30.8 Å². The van der Waals surface area contributed by atoms with Crippen molar-refractivity contribution in [2.24, 2.45) is 5.10 Å². The molecule has 3 rings (SSSR count). The van der Waals surface area contributed by atoms with Gasteiger partial charge in [-0.05, 0) is 60.5 Å². The van der Waals surface area contributed by atoms with Gasteiger partial charge in [-0.25, -0.2) is 9.78 Å². The van der Waals surface area contributed by atoms with E-state index < -0.39 is 12.1 Å². The summed E-state index contributed by atoms with van der Waals surface area (Å²) in [5, 5.41) is 5.14. The summed E-state index contributed by atoms with van der Waals surface area (Å²) in [7, 11) is 1.28. The fourth-order valence-electron chi connectivity index (χ4n) is 3.36. The van der Waals surface area contributed by atoms with Crippen LogP contribution < -0.4 is 15.0 Å². The van der Waals surface area contributed by atoms with Crippen LogP contribution in [0, 0.1) is 0 Å². The summed E-state index contributed by atoms with van der Waals surface area (Å²) < 4.78 is 18.7. The van der Waals surface area contributed by atoms with E-state index in [1.807, 2.05) is 26.8 Å². The van der Waals surface area contributed by atoms with E-state index in [0.29, 0.717) is 39.1 Å². The van der Waals surface area contributed by atoms with Crippen molar-refractivity contribution in [3.63, 3.8) is 0 Å². The molecule has 3 aromatic rings. The largest absolute Gasteiger partial charge is 0.490 e. The van der Waals surface area contributed by atoms with Crippen LogP contribution in [0.5, 0.6) is 11.5 Å². The third kappa shape index (κ3) is 5.92. The highest BCUT2D eigenvalue weighted by molar-refractivity contribution is 9.10. The van der Waals surface area contributed by atoms with Gasteiger partial charge in [-0.2, -0.15) is 9.78 Å². The van der Waals surface area contributed by atoms with Gasteiger partial charge in [0, 0.05) is 20.4 Å². The summed E-state index contributed by atoms with van der Waals surface area (Å²) in [5.41, 5.74) is 0.860. The molecular formula is C25H26Br2ClN3O5. The van der Waals surface area contributed by atoms with Gasteiger partial charge < -0.3 is 14.2 Å². The average molecular weight is 644 g/mol. The Balaban J connectivity index is 2.15. The number of hydrogen-bond donors (Lipinski definition) is 0. The van der Waals surface area contributed by atoms with E-state index in [2.05, 4.69) is 37.0 Å². The molecule has 0 spiro atoms. The molecule has 0 bridgehead atoms. The van der Waals surface area contributed by atoms with Crippen molar-refractivity contribution in [2.75, 3.05) is 13.7 Å². The molecular weight excluding hydrogens is 618 g/mol. The van der Waals surface area contributed by atoms with E-state index in [9.17, 15) is 9.59 Å². The smallest absolute Gasteiger partial charge is 0.346 e. The number of fused-ring (bicyclic) bond motifs is 1. The number of nitrogens with zero attached hydrogens (tertiary/aromatic N) is 3. The van der Waals surface area contributed by atoms with Crippen LogP contribution in [0.2, 0.25) is 5.02 Å². The molecule has 0 aliphatic rings. The van der Waals surface area contributed by atoms with Crippen molar-refractivity contribution in [1.29, 1.82) is 0 Å². The Bertz CT molecular complexity index is 1380. The summed E-state index contributed by atoms with van der Waals surface area (Å²) in [4.78, 5) is 30.0. The maximum absolute atomic E-state index is 13.4. The molecule has 36 heavy (non-hydrogen) atoms. The first-order valence-corrected chi connectivity index (χ1v) is 13.2. The zero-order valence-electron chi connectivity index (χ0n) is 20.5. The van der Waals surface area contributed by atoms with E-state index in [1.54, 1.807) is 25.1 Å². The van der Waals surface area contributed by atoms with Crippen molar-refractivity contribution < 1.29 is 19.0 Å². The Morgan fingerprint density at radius 3 is 2.61 bits per heavy atom. The third-order valence-electron chi connectivity index (χ3n) is 5.48. The lowest BCUT2D eigenvalue weighted by Gasteiger charge is -2.19. The second-order valence-electron chi connectivity index (χ2n) is 7.94. The highest BCUT2D eigenvalue weighted by Crippen LogP contribution is 2.43. The summed E-state index contributed by atoms with van der Waals surface area (Å²) in [6.45, 7) is 7.71. The van der Waals surface area contributed by atoms with Crippen molar-refractivity contribution in [3.05, 3.63) is 60.0 Å². The Hall–Kier alpha value is -2.43. The maximum atomic E-state index is 13.4. The molecule has 0 unspecified atom stereocenters. The zero-order valence-corrected chi connectivity index (χ0v) is 24.4. The zero-order chi connectivity index (χ0) is 26.6. The first-order valence-electron chi connectivity index (χ1n) is 11.3. The molecule has 2 aromatic carbocycles. The van der Waals surface area contributed by atoms with Gasteiger partial charge in [0.25, 0.3) is 5.56 Å². The van der Waals surface area contributed by atoms with Gasteiger partial charge in [-0.15, -0.1) is 0 Å². The molecule has 192 valence electrons. The van der Waals surface area contributed by atoms with Crippen LogP contribution >= 0.6 is 43.5 Å². The second-order valence-corrected chi connectivity index (χ2v) is 10.0. The number of ether oxygens (including phenoxy) is 3. The lowest BCUT2D eigenvalue weighted by Crippen LogP contribution is -2.25. The Morgan fingerprint density at radius 1 is 1.25 bits per heavy atom. The number of halogens is 3. The van der Waals surface area contributed by atoms with Crippen LogP contribution in [-0.4, -0.2) is 41.7 Å². The number of carbonyl (C=O) groups excluding carboxylic acids is 1. The monoisotopic (exact) mass is 641 g/mol. The molecule has 0 radical (unpaired) electrons. The molecule has 0 amide bonds. The summed E-state index contributed by atoms with van der Waals surface area (Å²) >= 11 is 13.5. The molecule has 2 atom stereocenters. The average Bonchev–Trinajstić information content (AvgIpc) is 2.87. The molecule has 8 nitrogen and oxygen atoms in total. The predicted octanol–water partition coefficient (Wildman–Crippen LogP) is 6.31. The van der Waals surface area contributed by atoms with Gasteiger partial charge in [0.15, 0.2) is 17.6 Å². The molecule has 11 heteroatoms. The first kappa shape index (κ1) is 28.1. The molecule has 0 saturated carbocycles. The van der Waals surface area contributed by atoms with E-state index in [4.69, 9.17) is 30.8 Å². The maximum Gasteiger partial charge on any atom is 0.346 e. The van der Waals surface area contributed by atoms with Crippen molar-refractivity contribution in [1.82, 2.24) is 9.66 Å². The highest BCUT2D eigenvalue weighted by Gasteiger charge is 2.23. The number of hydrogen-bond acceptors (Lipinski definition) is 7. The number of benzene rings is 2. The van der Waals surface area contributed by atoms with E-state index in [1.165, 1.54) is 18.0 Å². The standard InChI is InChI=1S/C25H26Br2ClN3O5/c1-6-13(3)23-30-18-9-8-16(26)11-17(18)24(32)31(23)29-12-15-10-19(35-7-2)22(21(28)20(15)27)36-14(4)25(33)34-5/h8-14H,6-7H2,1-5H3/t13-,14+/m1/s1. The lowest BCUT2D eigenvalue weighted by molar-refractivity contribution is -0.147. The van der Waals surface area contributed by atoms with Gasteiger partial charge in [-0.3, -0.25) is 4.79 Å². The number of esters is 1. The van der Waals surface area contributed by atoms with Gasteiger partial charge in [0.1, 0.15) is 10.8 Å². The second kappa shape index (κ2) is 12.2. The highest BCUT2D eigenvalue weighted by atomic mass is 79.9. The van der Waals surface area contributed by atoms with Gasteiger partial charge in [-0.1, -0.05) is 41.4 Å². The van der Waals surface area contributed by atoms with Gasteiger partial charge >= 0.3 is 5.97 Å². The molecule has 0 fully saturated rings. The Morgan fingerprint density at radius 2 is 1.97 bits per heavy atom. The minimum absolute atomic E-state index is 0.00973. The molecule has 0 aliphatic heterocycles. The fraction of sp³-hybridized carbons (Fsp3) is 0.360. The number of methoxy groups -OCH3 is 1. The first-order chi connectivity index (χ1) is 17.1. The molecule has 1 aromatic heterocycles. The minimum atomic E-state index is -0.905. The molecule has 0 N–H and O–H groups in total. The number of carbonyl (C=O) groups is 1. The van der Waals surface area contributed by atoms with E-state index in [0.717, 1.165) is 10.9 Å². The van der Waals surface area contributed by atoms with Crippen LogP contribution in [0.3, 0.4) is 0 Å². The number of aromatic nitrogens is 2. The fourth-order valence-corrected chi connectivity index (χ4v) is 4.37. The summed E-state index contributed by atoms with van der Waals surface area (Å²) in [5.74, 6) is 0.493. The van der Waals surface area contributed by atoms with Crippen LogP contribution in [0.4, 0.5) is 0 Å². The van der Waals surface area contributed by atoms with Crippen molar-refractivity contribution in [3.8, 4) is 11.5 Å². The molecule has 0 saturated heterocycles. The Kier molecular flexibility index (Phi) is 9.54. The Labute approximate surface area is 230 Å². The predicted molar refractivity (Wildman–Crippen MR) is 148 cm³/mol.